The highest BCUT2D eigenvalue weighted by molar-refractivity contribution is 6.31. The minimum absolute atomic E-state index is 0.274. The summed E-state index contributed by atoms with van der Waals surface area (Å²) >= 11 is 5.95. The van der Waals surface area contributed by atoms with Crippen molar-refractivity contribution in [2.45, 2.75) is 19.3 Å². The van der Waals surface area contributed by atoms with E-state index in [0.717, 1.165) is 42.4 Å². The average molecular weight is 328 g/mol. The van der Waals surface area contributed by atoms with Crippen LogP contribution in [0.5, 0.6) is 0 Å². The molecule has 8 heteroatoms. The Morgan fingerprint density at radius 3 is 2.68 bits per heavy atom. The molecule has 0 aliphatic rings. The molecule has 0 aliphatic heterocycles. The lowest BCUT2D eigenvalue weighted by Crippen LogP contribution is -2.02. The zero-order valence-electron chi connectivity index (χ0n) is 11.9. The van der Waals surface area contributed by atoms with Crippen LogP contribution in [0.15, 0.2) is 30.5 Å². The van der Waals surface area contributed by atoms with Crippen molar-refractivity contribution in [2.75, 3.05) is 18.5 Å². The Morgan fingerprint density at radius 2 is 2.00 bits per heavy atom. The number of fused-ring (bicyclic) bond motifs is 1. The first kappa shape index (κ1) is 17.9. The van der Waals surface area contributed by atoms with Gasteiger partial charge >= 0.3 is 0 Å². The summed E-state index contributed by atoms with van der Waals surface area (Å²) in [5.41, 5.74) is 1.99. The molecular weight excluding hydrogens is 310 g/mol. The van der Waals surface area contributed by atoms with Crippen LogP contribution >= 0.6 is 11.6 Å². The van der Waals surface area contributed by atoms with Gasteiger partial charge in [0, 0.05) is 35.4 Å². The molecule has 2 rings (SSSR count). The fourth-order valence-electron chi connectivity index (χ4n) is 1.91. The topological polar surface area (TPSA) is 109 Å². The number of hydrogen-bond donors (Lipinski definition) is 3. The molecule has 1 heterocycles. The van der Waals surface area contributed by atoms with Crippen molar-refractivity contribution in [2.24, 2.45) is 0 Å². The molecule has 0 spiro atoms. The third kappa shape index (κ3) is 6.55. The first-order valence-electron chi connectivity index (χ1n) is 6.77. The van der Waals surface area contributed by atoms with Gasteiger partial charge in [0.15, 0.2) is 0 Å². The van der Waals surface area contributed by atoms with Crippen LogP contribution in [-0.4, -0.2) is 33.5 Å². The molecule has 0 atom stereocenters. The normalized spacial score (nSPS) is 9.91. The minimum Gasteiger partial charge on any atom is -0.396 e. The molecule has 0 fully saturated rings. The molecule has 0 radical (unpaired) electrons. The third-order valence-corrected chi connectivity index (χ3v) is 3.09. The average Bonchev–Trinajstić information content (AvgIpc) is 2.46. The number of aliphatic hydroxyl groups is 1. The molecule has 22 heavy (non-hydrogen) atoms. The lowest BCUT2D eigenvalue weighted by Gasteiger charge is -2.09. The molecule has 0 bridgehead atoms. The van der Waals surface area contributed by atoms with Crippen molar-refractivity contribution >= 4 is 28.2 Å². The first-order chi connectivity index (χ1) is 10.5. The van der Waals surface area contributed by atoms with Crippen LogP contribution in [0.2, 0.25) is 5.02 Å². The molecule has 0 aliphatic carbocycles. The Balaban J connectivity index is 0.000000541. The van der Waals surface area contributed by atoms with E-state index in [0.29, 0.717) is 5.02 Å². The Morgan fingerprint density at radius 1 is 1.27 bits per heavy atom. The van der Waals surface area contributed by atoms with Gasteiger partial charge in [-0.05, 0) is 43.5 Å². The van der Waals surface area contributed by atoms with E-state index in [1.54, 1.807) is 6.20 Å². The monoisotopic (exact) mass is 327 g/mol. The van der Waals surface area contributed by atoms with E-state index in [-0.39, 0.29) is 6.61 Å². The van der Waals surface area contributed by atoms with Crippen LogP contribution in [0.25, 0.3) is 10.9 Å². The van der Waals surface area contributed by atoms with Crippen molar-refractivity contribution in [3.05, 3.63) is 45.6 Å². The van der Waals surface area contributed by atoms with Gasteiger partial charge in [-0.3, -0.25) is 4.98 Å². The standard InChI is InChI=1S/C14H17ClN2O.HNO3/c15-11-4-5-12-13(6-8-17-14(12)10-11)16-7-2-1-3-9-18;2-1(3)4/h4-6,8,10,18H,1-3,7,9H2,(H,16,17);(H,2,3,4). The van der Waals surface area contributed by atoms with Crippen molar-refractivity contribution in [3.8, 4) is 0 Å². The molecule has 1 aromatic heterocycles. The Labute approximate surface area is 132 Å². The van der Waals surface area contributed by atoms with Crippen molar-refractivity contribution < 1.29 is 15.4 Å². The predicted molar refractivity (Wildman–Crippen MR) is 85.0 cm³/mol. The number of nitrogens with one attached hydrogen (secondary N) is 1. The number of halogens is 1. The maximum Gasteiger partial charge on any atom is 0.291 e. The highest BCUT2D eigenvalue weighted by Crippen LogP contribution is 2.24. The van der Waals surface area contributed by atoms with Gasteiger partial charge in [0.2, 0.25) is 0 Å². The number of aliphatic hydroxyl groups excluding tert-OH is 1. The number of anilines is 1. The van der Waals surface area contributed by atoms with E-state index in [1.807, 2.05) is 24.3 Å². The molecule has 0 amide bonds. The second kappa shape index (κ2) is 9.75. The van der Waals surface area contributed by atoms with E-state index in [4.69, 9.17) is 32.0 Å². The van der Waals surface area contributed by atoms with E-state index in [2.05, 4.69) is 10.3 Å². The van der Waals surface area contributed by atoms with Gasteiger partial charge in [0.25, 0.3) is 5.09 Å². The Bertz CT molecular complexity index is 606. The van der Waals surface area contributed by atoms with Gasteiger partial charge < -0.3 is 15.6 Å². The molecular formula is C14H18ClN3O4. The number of nitrogens with zero attached hydrogens (tertiary/aromatic N) is 2. The van der Waals surface area contributed by atoms with Crippen molar-refractivity contribution in [1.82, 2.24) is 4.98 Å². The molecule has 0 saturated heterocycles. The smallest absolute Gasteiger partial charge is 0.291 e. The van der Waals surface area contributed by atoms with Gasteiger partial charge in [-0.15, -0.1) is 10.1 Å². The summed E-state index contributed by atoms with van der Waals surface area (Å²) in [5, 5.41) is 27.5. The zero-order valence-corrected chi connectivity index (χ0v) is 12.7. The van der Waals surface area contributed by atoms with Gasteiger partial charge in [0.05, 0.1) is 5.52 Å². The number of benzene rings is 1. The lowest BCUT2D eigenvalue weighted by molar-refractivity contribution is -0.742. The van der Waals surface area contributed by atoms with Gasteiger partial charge in [0.1, 0.15) is 0 Å². The number of unbranched alkanes of at least 4 members (excludes halogenated alkanes) is 2. The fraction of sp³-hybridized carbons (Fsp3) is 0.357. The number of pyridine rings is 1. The van der Waals surface area contributed by atoms with Crippen molar-refractivity contribution in [1.29, 1.82) is 0 Å². The largest absolute Gasteiger partial charge is 0.396 e. The van der Waals surface area contributed by atoms with Crippen molar-refractivity contribution in [3.63, 3.8) is 0 Å². The predicted octanol–water partition coefficient (Wildman–Crippen LogP) is 3.12. The Hall–Kier alpha value is -2.12. The highest BCUT2D eigenvalue weighted by atomic mass is 35.5. The van der Waals surface area contributed by atoms with Gasteiger partial charge in [-0.1, -0.05) is 11.6 Å². The second-order valence-electron chi connectivity index (χ2n) is 4.47. The summed E-state index contributed by atoms with van der Waals surface area (Å²) in [6.45, 7) is 1.18. The molecule has 1 aromatic carbocycles. The summed E-state index contributed by atoms with van der Waals surface area (Å²) in [6.07, 6.45) is 4.75. The van der Waals surface area contributed by atoms with E-state index >= 15 is 0 Å². The number of aromatic nitrogens is 1. The molecule has 3 N–H and O–H groups in total. The summed E-state index contributed by atoms with van der Waals surface area (Å²) in [4.78, 5) is 12.7. The molecule has 2 aromatic rings. The lowest BCUT2D eigenvalue weighted by atomic mass is 10.2. The fourth-order valence-corrected chi connectivity index (χ4v) is 2.08. The summed E-state index contributed by atoms with van der Waals surface area (Å²) in [6, 6.07) is 7.71. The van der Waals surface area contributed by atoms with E-state index in [9.17, 15) is 0 Å². The highest BCUT2D eigenvalue weighted by Gasteiger charge is 2.01. The van der Waals surface area contributed by atoms with Crippen LogP contribution in [-0.2, 0) is 0 Å². The van der Waals surface area contributed by atoms with Crippen LogP contribution in [0, 0.1) is 10.1 Å². The quantitative estimate of drug-likeness (QED) is 0.427. The third-order valence-electron chi connectivity index (χ3n) is 2.86. The SMILES string of the molecule is O=[N+]([O-])O.OCCCCCNc1ccnc2cc(Cl)ccc12. The molecule has 0 saturated carbocycles. The van der Waals surface area contributed by atoms with Crippen LogP contribution < -0.4 is 5.32 Å². The Kier molecular flexibility index (Phi) is 7.95. The molecule has 0 unspecified atom stereocenters. The number of hydrogen-bond acceptors (Lipinski definition) is 5. The maximum atomic E-state index is 8.71. The first-order valence-corrected chi connectivity index (χ1v) is 7.14. The zero-order chi connectivity index (χ0) is 16.4. The number of rotatable bonds is 6. The van der Waals surface area contributed by atoms with Crippen LogP contribution in [0.1, 0.15) is 19.3 Å². The van der Waals surface area contributed by atoms with Gasteiger partial charge in [-0.25, -0.2) is 0 Å². The molecule has 7 nitrogen and oxygen atoms in total. The van der Waals surface area contributed by atoms with Gasteiger partial charge in [-0.2, -0.15) is 0 Å². The summed E-state index contributed by atoms with van der Waals surface area (Å²) < 4.78 is 0. The molecule has 120 valence electrons. The summed E-state index contributed by atoms with van der Waals surface area (Å²) in [7, 11) is 0. The van der Waals surface area contributed by atoms with Crippen LogP contribution in [0.4, 0.5) is 5.69 Å². The minimum atomic E-state index is -1.50. The van der Waals surface area contributed by atoms with E-state index < -0.39 is 5.09 Å². The second-order valence-corrected chi connectivity index (χ2v) is 4.91. The van der Waals surface area contributed by atoms with Crippen LogP contribution in [0.3, 0.4) is 0 Å². The summed E-state index contributed by atoms with van der Waals surface area (Å²) in [5.74, 6) is 0. The van der Waals surface area contributed by atoms with E-state index in [1.165, 1.54) is 0 Å². The maximum absolute atomic E-state index is 8.71.